The molecule has 0 unspecified atom stereocenters. The van der Waals surface area contributed by atoms with Gasteiger partial charge in [0, 0.05) is 17.8 Å². The van der Waals surface area contributed by atoms with Crippen LogP contribution in [0.4, 0.5) is 0 Å². The van der Waals surface area contributed by atoms with Crippen LogP contribution in [0, 0.1) is 11.3 Å². The van der Waals surface area contributed by atoms with E-state index in [-0.39, 0.29) is 0 Å². The van der Waals surface area contributed by atoms with Gasteiger partial charge in [-0.05, 0) is 29.8 Å². The van der Waals surface area contributed by atoms with Gasteiger partial charge < -0.3 is 4.74 Å². The summed E-state index contributed by atoms with van der Waals surface area (Å²) in [6.45, 7) is 0.467. The summed E-state index contributed by atoms with van der Waals surface area (Å²) in [5, 5.41) is 10.4. The molecule has 25 heavy (non-hydrogen) atoms. The monoisotopic (exact) mass is 326 g/mol. The first kappa shape index (κ1) is 14.9. The molecule has 0 N–H and O–H groups in total. The van der Waals surface area contributed by atoms with E-state index in [1.807, 2.05) is 54.6 Å². The maximum atomic E-state index is 9.51. The van der Waals surface area contributed by atoms with Crippen molar-refractivity contribution in [2.45, 2.75) is 6.61 Å². The lowest BCUT2D eigenvalue weighted by atomic mass is 10.2. The van der Waals surface area contributed by atoms with Crippen molar-refractivity contribution < 1.29 is 4.74 Å². The number of rotatable bonds is 4. The lowest BCUT2D eigenvalue weighted by molar-refractivity contribution is 0.310. The van der Waals surface area contributed by atoms with E-state index in [2.05, 4.69) is 16.0 Å². The van der Waals surface area contributed by atoms with Gasteiger partial charge in [-0.1, -0.05) is 36.4 Å². The molecule has 0 fully saturated rings. The molecule has 0 saturated heterocycles. The molecular formula is C20H14N4O. The zero-order valence-electron chi connectivity index (χ0n) is 13.3. The van der Waals surface area contributed by atoms with Gasteiger partial charge in [0.05, 0.1) is 5.52 Å². The number of benzene rings is 2. The second-order valence-electron chi connectivity index (χ2n) is 5.49. The summed E-state index contributed by atoms with van der Waals surface area (Å²) in [7, 11) is 0. The molecule has 120 valence electrons. The quantitative estimate of drug-likeness (QED) is 0.571. The fourth-order valence-corrected chi connectivity index (χ4v) is 2.77. The van der Waals surface area contributed by atoms with E-state index in [4.69, 9.17) is 4.74 Å². The molecule has 5 heteroatoms. The molecule has 0 bridgehead atoms. The van der Waals surface area contributed by atoms with Crippen LogP contribution in [0.25, 0.3) is 16.9 Å². The highest BCUT2D eigenvalue weighted by Gasteiger charge is 2.15. The van der Waals surface area contributed by atoms with Gasteiger partial charge in [-0.15, -0.1) is 0 Å². The molecule has 2 aromatic carbocycles. The van der Waals surface area contributed by atoms with Crippen molar-refractivity contribution in [1.82, 2.24) is 14.5 Å². The van der Waals surface area contributed by atoms with E-state index in [0.717, 1.165) is 22.2 Å². The Morgan fingerprint density at radius 2 is 1.76 bits per heavy atom. The van der Waals surface area contributed by atoms with Crippen molar-refractivity contribution in [3.8, 4) is 17.8 Å². The first-order valence-electron chi connectivity index (χ1n) is 7.85. The standard InChI is InChI=1S/C20H14N4O/c21-13-16-12-17-18(24(16)20-22-10-5-11-23-20)8-4-9-19(17)25-14-15-6-2-1-3-7-15/h1-12H,14H2. The number of hydrogen-bond acceptors (Lipinski definition) is 4. The van der Waals surface area contributed by atoms with Crippen molar-refractivity contribution in [2.24, 2.45) is 0 Å². The molecule has 4 aromatic rings. The van der Waals surface area contributed by atoms with E-state index >= 15 is 0 Å². The molecule has 2 aromatic heterocycles. The summed E-state index contributed by atoms with van der Waals surface area (Å²) in [5.41, 5.74) is 2.40. The molecule has 0 aliphatic heterocycles. The van der Waals surface area contributed by atoms with Gasteiger partial charge in [0.15, 0.2) is 0 Å². The van der Waals surface area contributed by atoms with Crippen molar-refractivity contribution in [3.05, 3.63) is 84.3 Å². The summed E-state index contributed by atoms with van der Waals surface area (Å²) < 4.78 is 7.73. The van der Waals surface area contributed by atoms with E-state index in [0.29, 0.717) is 18.2 Å². The van der Waals surface area contributed by atoms with Crippen LogP contribution in [0.1, 0.15) is 11.3 Å². The summed E-state index contributed by atoms with van der Waals surface area (Å²) in [6.07, 6.45) is 3.32. The van der Waals surface area contributed by atoms with Gasteiger partial charge in [0.25, 0.3) is 0 Å². The minimum absolute atomic E-state index is 0.467. The second kappa shape index (κ2) is 6.46. The lowest BCUT2D eigenvalue weighted by Gasteiger charge is -2.08. The summed E-state index contributed by atoms with van der Waals surface area (Å²) >= 11 is 0. The fourth-order valence-electron chi connectivity index (χ4n) is 2.77. The smallest absolute Gasteiger partial charge is 0.235 e. The second-order valence-corrected chi connectivity index (χ2v) is 5.49. The number of nitrogens with zero attached hydrogens (tertiary/aromatic N) is 4. The SMILES string of the molecule is N#Cc1cc2c(OCc3ccccc3)cccc2n1-c1ncccn1. The predicted molar refractivity (Wildman–Crippen MR) is 94.4 cm³/mol. The van der Waals surface area contributed by atoms with Crippen molar-refractivity contribution >= 4 is 10.9 Å². The molecule has 0 spiro atoms. The largest absolute Gasteiger partial charge is 0.488 e. The zero-order chi connectivity index (χ0) is 17.1. The van der Waals surface area contributed by atoms with Crippen LogP contribution < -0.4 is 4.74 Å². The third-order valence-corrected chi connectivity index (χ3v) is 3.91. The maximum absolute atomic E-state index is 9.51. The van der Waals surface area contributed by atoms with E-state index in [1.165, 1.54) is 0 Å². The van der Waals surface area contributed by atoms with Gasteiger partial charge in [-0.3, -0.25) is 4.57 Å². The zero-order valence-corrected chi connectivity index (χ0v) is 13.3. The average Bonchev–Trinajstić information content (AvgIpc) is 3.07. The van der Waals surface area contributed by atoms with Crippen LogP contribution in [0.15, 0.2) is 73.1 Å². The van der Waals surface area contributed by atoms with Gasteiger partial charge in [-0.2, -0.15) is 5.26 Å². The number of hydrogen-bond donors (Lipinski definition) is 0. The van der Waals surface area contributed by atoms with Crippen LogP contribution >= 0.6 is 0 Å². The summed E-state index contributed by atoms with van der Waals surface area (Å²) in [5.74, 6) is 1.20. The minimum Gasteiger partial charge on any atom is -0.488 e. The summed E-state index contributed by atoms with van der Waals surface area (Å²) in [6, 6.07) is 21.5. The van der Waals surface area contributed by atoms with Gasteiger partial charge >= 0.3 is 0 Å². The molecule has 0 saturated carbocycles. The Balaban J connectivity index is 1.78. The topological polar surface area (TPSA) is 63.7 Å². The molecule has 0 atom stereocenters. The van der Waals surface area contributed by atoms with Crippen molar-refractivity contribution in [2.75, 3.05) is 0 Å². The molecule has 5 nitrogen and oxygen atoms in total. The minimum atomic E-state index is 0.467. The van der Waals surface area contributed by atoms with Crippen molar-refractivity contribution in [1.29, 1.82) is 5.26 Å². The van der Waals surface area contributed by atoms with Crippen LogP contribution in [-0.4, -0.2) is 14.5 Å². The first-order valence-corrected chi connectivity index (χ1v) is 7.85. The highest BCUT2D eigenvalue weighted by atomic mass is 16.5. The Hall–Kier alpha value is -3.65. The highest BCUT2D eigenvalue weighted by molar-refractivity contribution is 5.89. The van der Waals surface area contributed by atoms with Crippen LogP contribution in [0.3, 0.4) is 0 Å². The van der Waals surface area contributed by atoms with Crippen LogP contribution in [0.2, 0.25) is 0 Å². The average molecular weight is 326 g/mol. The fraction of sp³-hybridized carbons (Fsp3) is 0.0500. The Morgan fingerprint density at radius 3 is 2.52 bits per heavy atom. The Kier molecular flexibility index (Phi) is 3.85. The number of ether oxygens (including phenoxy) is 1. The number of nitriles is 1. The normalized spacial score (nSPS) is 10.5. The van der Waals surface area contributed by atoms with Gasteiger partial charge in [0.1, 0.15) is 24.1 Å². The maximum Gasteiger partial charge on any atom is 0.235 e. The molecule has 0 aliphatic carbocycles. The number of aromatic nitrogens is 3. The molecule has 0 amide bonds. The molecule has 2 heterocycles. The highest BCUT2D eigenvalue weighted by Crippen LogP contribution is 2.30. The third-order valence-electron chi connectivity index (χ3n) is 3.91. The first-order chi connectivity index (χ1) is 12.4. The molecule has 0 aliphatic rings. The molecular weight excluding hydrogens is 312 g/mol. The Bertz CT molecular complexity index is 1050. The number of fused-ring (bicyclic) bond motifs is 1. The van der Waals surface area contributed by atoms with Crippen LogP contribution in [0.5, 0.6) is 5.75 Å². The summed E-state index contributed by atoms with van der Waals surface area (Å²) in [4.78, 5) is 8.53. The lowest BCUT2D eigenvalue weighted by Crippen LogP contribution is -2.02. The predicted octanol–water partition coefficient (Wildman–Crippen LogP) is 3.87. The Morgan fingerprint density at radius 1 is 0.960 bits per heavy atom. The van der Waals surface area contributed by atoms with E-state index < -0.39 is 0 Å². The van der Waals surface area contributed by atoms with Gasteiger partial charge in [-0.25, -0.2) is 9.97 Å². The van der Waals surface area contributed by atoms with Crippen molar-refractivity contribution in [3.63, 3.8) is 0 Å². The van der Waals surface area contributed by atoms with E-state index in [9.17, 15) is 5.26 Å². The van der Waals surface area contributed by atoms with Crippen LogP contribution in [-0.2, 0) is 6.61 Å². The third kappa shape index (κ3) is 2.81. The van der Waals surface area contributed by atoms with Gasteiger partial charge in [0.2, 0.25) is 5.95 Å². The van der Waals surface area contributed by atoms with E-state index in [1.54, 1.807) is 23.0 Å². The molecule has 4 rings (SSSR count). The molecule has 0 radical (unpaired) electrons. The Labute approximate surface area is 144 Å².